The molecular weight excluding hydrogens is 258 g/mol. The molecule has 0 saturated heterocycles. The van der Waals surface area contributed by atoms with E-state index in [0.29, 0.717) is 12.2 Å². The predicted molar refractivity (Wildman–Crippen MR) is 62.4 cm³/mol. The maximum Gasteiger partial charge on any atom is 0.122 e. The smallest absolute Gasteiger partial charge is 0.122 e. The molecule has 2 aromatic heterocycles. The van der Waals surface area contributed by atoms with E-state index in [4.69, 9.17) is 10.2 Å². The second kappa shape index (κ2) is 4.35. The Hall–Kier alpha value is -1.49. The molecule has 0 aliphatic carbocycles. The molecule has 5 heteroatoms. The summed E-state index contributed by atoms with van der Waals surface area (Å²) in [4.78, 5) is 3.95. The van der Waals surface area contributed by atoms with Gasteiger partial charge in [-0.3, -0.25) is 4.98 Å². The highest BCUT2D eigenvalue weighted by Gasteiger charge is 2.04. The molecule has 0 atom stereocenters. The number of anilines is 2. The Bertz CT molecular complexity index is 422. The minimum Gasteiger partial charge on any atom is -0.467 e. The number of aromatic nitrogens is 1. The number of halogens is 1. The third-order valence-corrected chi connectivity index (χ3v) is 2.55. The molecule has 0 aliphatic rings. The molecule has 2 heterocycles. The lowest BCUT2D eigenvalue weighted by Gasteiger charge is -2.09. The van der Waals surface area contributed by atoms with Crippen molar-refractivity contribution in [1.82, 2.24) is 4.98 Å². The van der Waals surface area contributed by atoms with E-state index in [1.807, 2.05) is 12.1 Å². The number of rotatable bonds is 3. The van der Waals surface area contributed by atoms with Gasteiger partial charge in [-0.15, -0.1) is 0 Å². The van der Waals surface area contributed by atoms with Crippen LogP contribution in [0.5, 0.6) is 0 Å². The van der Waals surface area contributed by atoms with Crippen LogP contribution >= 0.6 is 15.9 Å². The van der Waals surface area contributed by atoms with Gasteiger partial charge in [-0.05, 0) is 28.1 Å². The van der Waals surface area contributed by atoms with Crippen LogP contribution in [0.3, 0.4) is 0 Å². The summed E-state index contributed by atoms with van der Waals surface area (Å²) in [5, 5.41) is 3.18. The Balaban J connectivity index is 2.11. The van der Waals surface area contributed by atoms with Gasteiger partial charge in [0.05, 0.1) is 34.9 Å². The van der Waals surface area contributed by atoms with Crippen molar-refractivity contribution < 1.29 is 4.42 Å². The second-order valence-corrected chi connectivity index (χ2v) is 3.87. The average Bonchev–Trinajstić information content (AvgIpc) is 2.70. The number of furan rings is 1. The van der Waals surface area contributed by atoms with Crippen LogP contribution in [0.2, 0.25) is 0 Å². The van der Waals surface area contributed by atoms with Gasteiger partial charge in [0.15, 0.2) is 0 Å². The van der Waals surface area contributed by atoms with Crippen LogP contribution in [0, 0.1) is 0 Å². The number of nitrogens with two attached hydrogens (primary N) is 1. The van der Waals surface area contributed by atoms with Gasteiger partial charge in [0, 0.05) is 6.20 Å². The van der Waals surface area contributed by atoms with Gasteiger partial charge < -0.3 is 15.5 Å². The van der Waals surface area contributed by atoms with E-state index in [2.05, 4.69) is 26.2 Å². The van der Waals surface area contributed by atoms with Crippen LogP contribution in [0.4, 0.5) is 11.4 Å². The normalized spacial score (nSPS) is 10.2. The molecule has 0 spiro atoms. The minimum absolute atomic E-state index is 0.597. The fourth-order valence-electron chi connectivity index (χ4n) is 1.23. The van der Waals surface area contributed by atoms with Gasteiger partial charge in [-0.1, -0.05) is 0 Å². The van der Waals surface area contributed by atoms with Crippen molar-refractivity contribution in [3.05, 3.63) is 41.0 Å². The molecule has 4 nitrogen and oxygen atoms in total. The summed E-state index contributed by atoms with van der Waals surface area (Å²) in [7, 11) is 0. The zero-order valence-electron chi connectivity index (χ0n) is 7.90. The van der Waals surface area contributed by atoms with Crippen LogP contribution in [-0.2, 0) is 6.54 Å². The number of pyridine rings is 1. The molecule has 2 rings (SSSR count). The fourth-order valence-corrected chi connectivity index (χ4v) is 1.71. The Morgan fingerprint density at radius 3 is 3.00 bits per heavy atom. The number of nitrogen functional groups attached to an aromatic ring is 1. The maximum atomic E-state index is 5.78. The first-order valence-corrected chi connectivity index (χ1v) is 5.22. The quantitative estimate of drug-likeness (QED) is 0.898. The van der Waals surface area contributed by atoms with Gasteiger partial charge in [0.25, 0.3) is 0 Å². The lowest BCUT2D eigenvalue weighted by molar-refractivity contribution is 0.518. The number of nitrogens with zero attached hydrogens (tertiary/aromatic N) is 1. The van der Waals surface area contributed by atoms with Gasteiger partial charge >= 0.3 is 0 Å². The van der Waals surface area contributed by atoms with Gasteiger partial charge in [-0.2, -0.15) is 0 Å². The summed E-state index contributed by atoms with van der Waals surface area (Å²) in [6, 6.07) is 3.75. The molecule has 3 N–H and O–H groups in total. The van der Waals surface area contributed by atoms with E-state index in [-0.39, 0.29) is 0 Å². The molecule has 0 unspecified atom stereocenters. The summed E-state index contributed by atoms with van der Waals surface area (Å²) in [6.45, 7) is 0.597. The van der Waals surface area contributed by atoms with E-state index < -0.39 is 0 Å². The SMILES string of the molecule is Nc1cncc(Br)c1NCc1ccco1. The van der Waals surface area contributed by atoms with E-state index in [1.54, 1.807) is 18.7 Å². The van der Waals surface area contributed by atoms with E-state index in [9.17, 15) is 0 Å². The van der Waals surface area contributed by atoms with Crippen molar-refractivity contribution in [2.45, 2.75) is 6.54 Å². The topological polar surface area (TPSA) is 64.1 Å². The van der Waals surface area contributed by atoms with Crippen molar-refractivity contribution in [3.63, 3.8) is 0 Å². The van der Waals surface area contributed by atoms with Crippen LogP contribution < -0.4 is 11.1 Å². The van der Waals surface area contributed by atoms with Gasteiger partial charge in [-0.25, -0.2) is 0 Å². The number of hydrogen-bond donors (Lipinski definition) is 2. The standard InChI is InChI=1S/C10H10BrN3O/c11-8-5-13-6-9(12)10(8)14-4-7-2-1-3-15-7/h1-3,5-6H,4,12H2,(H,13,14). The van der Waals surface area contributed by atoms with E-state index in [1.165, 1.54) is 0 Å². The van der Waals surface area contributed by atoms with Gasteiger partial charge in [0.2, 0.25) is 0 Å². The summed E-state index contributed by atoms with van der Waals surface area (Å²) in [6.07, 6.45) is 4.94. The minimum atomic E-state index is 0.597. The summed E-state index contributed by atoms with van der Waals surface area (Å²) < 4.78 is 6.04. The second-order valence-electron chi connectivity index (χ2n) is 3.02. The lowest BCUT2D eigenvalue weighted by atomic mass is 10.3. The molecule has 0 saturated carbocycles. The Kier molecular flexibility index (Phi) is 2.91. The highest BCUT2D eigenvalue weighted by molar-refractivity contribution is 9.10. The van der Waals surface area contributed by atoms with Crippen molar-refractivity contribution in [3.8, 4) is 0 Å². The molecule has 0 aromatic carbocycles. The van der Waals surface area contributed by atoms with Crippen LogP contribution in [0.1, 0.15) is 5.76 Å². The highest BCUT2D eigenvalue weighted by atomic mass is 79.9. The Morgan fingerprint density at radius 1 is 1.47 bits per heavy atom. The lowest BCUT2D eigenvalue weighted by Crippen LogP contribution is -2.02. The largest absolute Gasteiger partial charge is 0.467 e. The summed E-state index contributed by atoms with van der Waals surface area (Å²) >= 11 is 3.38. The molecule has 0 amide bonds. The summed E-state index contributed by atoms with van der Waals surface area (Å²) in [5.74, 6) is 0.859. The van der Waals surface area contributed by atoms with Crippen molar-refractivity contribution in [2.24, 2.45) is 0 Å². The molecule has 0 fully saturated rings. The van der Waals surface area contributed by atoms with Crippen LogP contribution in [-0.4, -0.2) is 4.98 Å². The molecule has 78 valence electrons. The third kappa shape index (κ3) is 2.30. The first-order valence-electron chi connectivity index (χ1n) is 4.42. The van der Waals surface area contributed by atoms with Crippen LogP contribution in [0.15, 0.2) is 39.7 Å². The Labute approximate surface area is 95.6 Å². The fraction of sp³-hybridized carbons (Fsp3) is 0.100. The van der Waals surface area contributed by atoms with Crippen molar-refractivity contribution >= 4 is 27.3 Å². The van der Waals surface area contributed by atoms with Crippen LogP contribution in [0.25, 0.3) is 0 Å². The van der Waals surface area contributed by atoms with E-state index in [0.717, 1.165) is 15.9 Å². The molecule has 0 bridgehead atoms. The predicted octanol–water partition coefficient (Wildman–Crippen LogP) is 2.63. The molecule has 0 radical (unpaired) electrons. The molecule has 0 aliphatic heterocycles. The molecule has 2 aromatic rings. The zero-order valence-corrected chi connectivity index (χ0v) is 9.49. The Morgan fingerprint density at radius 2 is 2.33 bits per heavy atom. The number of hydrogen-bond acceptors (Lipinski definition) is 4. The molecule has 15 heavy (non-hydrogen) atoms. The first-order chi connectivity index (χ1) is 7.27. The van der Waals surface area contributed by atoms with E-state index >= 15 is 0 Å². The maximum absolute atomic E-state index is 5.78. The first kappa shape index (κ1) is 10.0. The monoisotopic (exact) mass is 267 g/mol. The molecular formula is C10H10BrN3O. The number of nitrogens with one attached hydrogen (secondary N) is 1. The highest BCUT2D eigenvalue weighted by Crippen LogP contribution is 2.27. The third-order valence-electron chi connectivity index (χ3n) is 1.95. The van der Waals surface area contributed by atoms with Crippen molar-refractivity contribution in [2.75, 3.05) is 11.1 Å². The average molecular weight is 268 g/mol. The summed E-state index contributed by atoms with van der Waals surface area (Å²) in [5.41, 5.74) is 7.22. The van der Waals surface area contributed by atoms with Crippen molar-refractivity contribution in [1.29, 1.82) is 0 Å². The zero-order chi connectivity index (χ0) is 10.7. The van der Waals surface area contributed by atoms with Gasteiger partial charge in [0.1, 0.15) is 5.76 Å².